The van der Waals surface area contributed by atoms with Crippen molar-refractivity contribution in [2.75, 3.05) is 0 Å². The van der Waals surface area contributed by atoms with Gasteiger partial charge in [-0.2, -0.15) is 0 Å². The largest absolute Gasteiger partial charge is 0.0836 e. The second-order valence-corrected chi connectivity index (χ2v) is 14.8. The molecule has 6 aliphatic carbocycles. The SMILES string of the molecule is CCC(C)c1ccc(-c2ccc3c(c2)C2(C4=CCCC=C4C34C3=C(C=CCC3)c3ccccc34)C3=CC=CCC3c3ccccc32)cc1. The Morgan fingerprint density at radius 3 is 2.29 bits per heavy atom. The van der Waals surface area contributed by atoms with Gasteiger partial charge in [-0.25, -0.2) is 0 Å². The maximum atomic E-state index is 2.66. The van der Waals surface area contributed by atoms with E-state index in [1.807, 2.05) is 0 Å². The molecule has 2 spiro atoms. The maximum Gasteiger partial charge on any atom is 0.0679 e. The summed E-state index contributed by atoms with van der Waals surface area (Å²) < 4.78 is 0. The van der Waals surface area contributed by atoms with Gasteiger partial charge in [-0.15, -0.1) is 0 Å². The molecule has 0 nitrogen and oxygen atoms in total. The van der Waals surface area contributed by atoms with Gasteiger partial charge in [0.1, 0.15) is 0 Å². The van der Waals surface area contributed by atoms with Gasteiger partial charge in [0.25, 0.3) is 0 Å². The van der Waals surface area contributed by atoms with Crippen molar-refractivity contribution in [1.82, 2.24) is 0 Å². The molecule has 0 radical (unpaired) electrons. The van der Waals surface area contributed by atoms with Crippen molar-refractivity contribution in [3.05, 3.63) is 195 Å². The Morgan fingerprint density at radius 2 is 1.46 bits per heavy atom. The van der Waals surface area contributed by atoms with Gasteiger partial charge >= 0.3 is 0 Å². The normalized spacial score (nSPS) is 26.2. The van der Waals surface area contributed by atoms with Gasteiger partial charge in [0, 0.05) is 5.92 Å². The zero-order valence-corrected chi connectivity index (χ0v) is 28.1. The van der Waals surface area contributed by atoms with E-state index in [2.05, 4.69) is 147 Å². The Kier molecular flexibility index (Phi) is 6.15. The highest BCUT2D eigenvalue weighted by Crippen LogP contribution is 2.71. The van der Waals surface area contributed by atoms with Crippen LogP contribution in [0, 0.1) is 0 Å². The molecule has 0 heteroatoms. The highest BCUT2D eigenvalue weighted by molar-refractivity contribution is 5.94. The summed E-state index contributed by atoms with van der Waals surface area (Å²) in [5, 5.41) is 0. The second kappa shape index (κ2) is 10.4. The van der Waals surface area contributed by atoms with Gasteiger partial charge in [0.05, 0.1) is 10.8 Å². The lowest BCUT2D eigenvalue weighted by molar-refractivity contribution is 0.565. The van der Waals surface area contributed by atoms with E-state index in [-0.39, 0.29) is 10.8 Å². The third-order valence-electron chi connectivity index (χ3n) is 12.8. The molecule has 0 aliphatic heterocycles. The van der Waals surface area contributed by atoms with E-state index in [1.165, 1.54) is 55.6 Å². The van der Waals surface area contributed by atoms with E-state index in [0.29, 0.717) is 11.8 Å². The molecule has 0 saturated carbocycles. The average Bonchev–Trinajstić information content (AvgIpc) is 3.62. The molecule has 4 aromatic carbocycles. The predicted molar refractivity (Wildman–Crippen MR) is 200 cm³/mol. The molecule has 6 aliphatic rings. The lowest BCUT2D eigenvalue weighted by Gasteiger charge is -2.53. The van der Waals surface area contributed by atoms with Crippen LogP contribution in [-0.2, 0) is 10.8 Å². The Labute approximate surface area is 285 Å². The van der Waals surface area contributed by atoms with Gasteiger partial charge in [-0.05, 0) is 128 Å². The lowest BCUT2D eigenvalue weighted by Crippen LogP contribution is -2.47. The average molecular weight is 619 g/mol. The van der Waals surface area contributed by atoms with Gasteiger partial charge in [0.2, 0.25) is 0 Å². The molecule has 10 rings (SSSR count). The Bertz CT molecular complexity index is 2210. The maximum absolute atomic E-state index is 2.66. The number of hydrogen-bond donors (Lipinski definition) is 0. The number of rotatable bonds is 3. The van der Waals surface area contributed by atoms with Crippen molar-refractivity contribution in [2.45, 2.75) is 75.0 Å². The summed E-state index contributed by atoms with van der Waals surface area (Å²) in [6.07, 6.45) is 24.0. The first-order valence-electron chi connectivity index (χ1n) is 18.3. The third kappa shape index (κ3) is 3.46. The summed E-state index contributed by atoms with van der Waals surface area (Å²) in [5.41, 5.74) is 20.1. The highest BCUT2D eigenvalue weighted by atomic mass is 14.6. The van der Waals surface area contributed by atoms with Crippen LogP contribution in [0.25, 0.3) is 16.7 Å². The second-order valence-electron chi connectivity index (χ2n) is 14.8. The first-order chi connectivity index (χ1) is 23.7. The molecule has 4 atom stereocenters. The molecule has 0 heterocycles. The van der Waals surface area contributed by atoms with Crippen molar-refractivity contribution in [2.24, 2.45) is 0 Å². The van der Waals surface area contributed by atoms with Crippen LogP contribution < -0.4 is 0 Å². The van der Waals surface area contributed by atoms with Gasteiger partial charge < -0.3 is 0 Å². The molecular weight excluding hydrogens is 577 g/mol. The van der Waals surface area contributed by atoms with E-state index in [4.69, 9.17) is 0 Å². The van der Waals surface area contributed by atoms with E-state index in [1.54, 1.807) is 22.3 Å². The van der Waals surface area contributed by atoms with Crippen molar-refractivity contribution in [1.29, 1.82) is 0 Å². The first-order valence-corrected chi connectivity index (χ1v) is 18.3. The van der Waals surface area contributed by atoms with Crippen molar-refractivity contribution in [3.63, 3.8) is 0 Å². The minimum atomic E-state index is -0.311. The minimum Gasteiger partial charge on any atom is -0.0836 e. The van der Waals surface area contributed by atoms with Gasteiger partial charge in [-0.3, -0.25) is 0 Å². The van der Waals surface area contributed by atoms with Crippen LogP contribution in [0.4, 0.5) is 0 Å². The number of fused-ring (bicyclic) bond motifs is 15. The minimum absolute atomic E-state index is 0.277. The quantitative estimate of drug-likeness (QED) is 0.214. The summed E-state index contributed by atoms with van der Waals surface area (Å²) >= 11 is 0. The molecule has 0 fully saturated rings. The zero-order chi connectivity index (χ0) is 32.0. The number of allylic oxidation sites excluding steroid dienone is 12. The van der Waals surface area contributed by atoms with E-state index in [9.17, 15) is 0 Å². The molecule has 0 bridgehead atoms. The molecule has 4 aromatic rings. The Morgan fingerprint density at radius 1 is 0.708 bits per heavy atom. The highest BCUT2D eigenvalue weighted by Gasteiger charge is 2.62. The smallest absolute Gasteiger partial charge is 0.0679 e. The zero-order valence-electron chi connectivity index (χ0n) is 28.1. The van der Waals surface area contributed by atoms with Crippen LogP contribution in [0.1, 0.15) is 103 Å². The van der Waals surface area contributed by atoms with Crippen LogP contribution in [0.2, 0.25) is 0 Å². The number of benzene rings is 4. The fraction of sp³-hybridized carbons (Fsp3) is 0.250. The summed E-state index contributed by atoms with van der Waals surface area (Å²) in [6, 6.07) is 35.9. The van der Waals surface area contributed by atoms with E-state index < -0.39 is 0 Å². The molecule has 48 heavy (non-hydrogen) atoms. The van der Waals surface area contributed by atoms with E-state index in [0.717, 1.165) is 38.5 Å². The molecule has 0 N–H and O–H groups in total. The molecular formula is C48H42. The van der Waals surface area contributed by atoms with Crippen molar-refractivity contribution in [3.8, 4) is 11.1 Å². The predicted octanol–water partition coefficient (Wildman–Crippen LogP) is 12.2. The molecule has 234 valence electrons. The summed E-state index contributed by atoms with van der Waals surface area (Å²) in [4.78, 5) is 0. The van der Waals surface area contributed by atoms with Crippen LogP contribution >= 0.6 is 0 Å². The van der Waals surface area contributed by atoms with Crippen LogP contribution in [-0.4, -0.2) is 0 Å². The van der Waals surface area contributed by atoms with Crippen molar-refractivity contribution < 1.29 is 0 Å². The fourth-order valence-corrected chi connectivity index (χ4v) is 10.6. The van der Waals surface area contributed by atoms with E-state index >= 15 is 0 Å². The topological polar surface area (TPSA) is 0 Å². The van der Waals surface area contributed by atoms with Crippen LogP contribution in [0.15, 0.2) is 156 Å². The van der Waals surface area contributed by atoms with Gasteiger partial charge in [-0.1, -0.05) is 141 Å². The van der Waals surface area contributed by atoms with Crippen LogP contribution in [0.5, 0.6) is 0 Å². The fourth-order valence-electron chi connectivity index (χ4n) is 10.6. The summed E-state index contributed by atoms with van der Waals surface area (Å²) in [6.45, 7) is 4.62. The lowest BCUT2D eigenvalue weighted by atomic mass is 9.48. The molecule has 4 unspecified atom stereocenters. The Balaban J connectivity index is 1.34. The van der Waals surface area contributed by atoms with Crippen molar-refractivity contribution >= 4 is 5.57 Å². The third-order valence-corrected chi connectivity index (χ3v) is 12.8. The molecule has 0 saturated heterocycles. The first kappa shape index (κ1) is 28.3. The molecule has 0 aromatic heterocycles. The summed E-state index contributed by atoms with van der Waals surface area (Å²) in [5.74, 6) is 0.973. The molecule has 0 amide bonds. The van der Waals surface area contributed by atoms with Crippen LogP contribution in [0.3, 0.4) is 0 Å². The number of hydrogen-bond acceptors (Lipinski definition) is 0. The standard InChI is InChI=1S/C48H42/c1-3-31(2)32-24-26-33(27-25-32)34-28-29-45-46(30-34)48(41-20-10-6-16-37(41)38-17-7-11-21-42(38)48)44-23-13-12-22-43(44)47(45)39-18-8-4-14-35(39)36-15-5-9-19-40(36)47/h4-8,10-11,14-16,18,20-31,38H,3,9,12-13,17,19H2,1-2H3. The Hall–Kier alpha value is -4.68. The van der Waals surface area contributed by atoms with Gasteiger partial charge in [0.15, 0.2) is 0 Å². The monoisotopic (exact) mass is 618 g/mol. The summed E-state index contributed by atoms with van der Waals surface area (Å²) in [7, 11) is 0.